The lowest BCUT2D eigenvalue weighted by Gasteiger charge is -2.07. The molecule has 2 aromatic rings. The number of phenols is 2. The van der Waals surface area contributed by atoms with Gasteiger partial charge in [-0.15, -0.1) is 0 Å². The number of hydrogen-bond donors (Lipinski definition) is 4. The van der Waals surface area contributed by atoms with E-state index >= 15 is 0 Å². The molecule has 0 bridgehead atoms. The van der Waals surface area contributed by atoms with Gasteiger partial charge >= 0.3 is 11.8 Å². The normalized spacial score (nSPS) is 10.0. The van der Waals surface area contributed by atoms with E-state index in [0.717, 1.165) is 5.56 Å². The molecule has 6 heteroatoms. The SMILES string of the molecule is O=C(NCCc1ccc(O)cc1)C(=O)Nc1ccc(O)cc1. The first-order valence-electron chi connectivity index (χ1n) is 6.71. The van der Waals surface area contributed by atoms with E-state index in [1.165, 1.54) is 24.3 Å². The molecule has 0 aliphatic heterocycles. The van der Waals surface area contributed by atoms with Crippen LogP contribution in [0.3, 0.4) is 0 Å². The summed E-state index contributed by atoms with van der Waals surface area (Å²) in [5.41, 5.74) is 1.37. The first-order chi connectivity index (χ1) is 10.5. The second-order valence-electron chi connectivity index (χ2n) is 4.67. The maximum Gasteiger partial charge on any atom is 0.313 e. The van der Waals surface area contributed by atoms with Crippen molar-refractivity contribution in [3.63, 3.8) is 0 Å². The lowest BCUT2D eigenvalue weighted by Crippen LogP contribution is -2.36. The van der Waals surface area contributed by atoms with Gasteiger partial charge in [0.25, 0.3) is 0 Å². The zero-order valence-electron chi connectivity index (χ0n) is 11.7. The molecule has 6 nitrogen and oxygen atoms in total. The molecule has 0 aliphatic carbocycles. The van der Waals surface area contributed by atoms with E-state index in [1.807, 2.05) is 0 Å². The molecule has 0 radical (unpaired) electrons. The van der Waals surface area contributed by atoms with Crippen LogP contribution in [0.5, 0.6) is 11.5 Å². The van der Waals surface area contributed by atoms with Gasteiger partial charge in [0.05, 0.1) is 0 Å². The van der Waals surface area contributed by atoms with Crippen molar-refractivity contribution in [3.8, 4) is 11.5 Å². The number of amides is 2. The molecule has 0 unspecified atom stereocenters. The number of benzene rings is 2. The Kier molecular flexibility index (Phi) is 4.98. The predicted molar refractivity (Wildman–Crippen MR) is 81.6 cm³/mol. The Balaban J connectivity index is 1.77. The van der Waals surface area contributed by atoms with Gasteiger partial charge in [-0.25, -0.2) is 0 Å². The Morgan fingerprint density at radius 3 is 1.95 bits per heavy atom. The lowest BCUT2D eigenvalue weighted by atomic mass is 10.1. The van der Waals surface area contributed by atoms with Gasteiger partial charge in [0.15, 0.2) is 0 Å². The molecule has 2 aromatic carbocycles. The van der Waals surface area contributed by atoms with Crippen molar-refractivity contribution in [1.82, 2.24) is 5.32 Å². The van der Waals surface area contributed by atoms with E-state index in [9.17, 15) is 9.59 Å². The minimum Gasteiger partial charge on any atom is -0.508 e. The number of nitrogens with one attached hydrogen (secondary N) is 2. The van der Waals surface area contributed by atoms with Crippen molar-refractivity contribution in [1.29, 1.82) is 0 Å². The molecule has 22 heavy (non-hydrogen) atoms. The van der Waals surface area contributed by atoms with Crippen LogP contribution in [0, 0.1) is 0 Å². The molecule has 0 heterocycles. The van der Waals surface area contributed by atoms with Crippen molar-refractivity contribution in [2.75, 3.05) is 11.9 Å². The van der Waals surface area contributed by atoms with Crippen LogP contribution in [0.2, 0.25) is 0 Å². The molecule has 4 N–H and O–H groups in total. The molecule has 2 rings (SSSR count). The summed E-state index contributed by atoms with van der Waals surface area (Å²) in [6.07, 6.45) is 0.554. The number of aromatic hydroxyl groups is 2. The number of carbonyl (C=O) groups excluding carboxylic acids is 2. The van der Waals surface area contributed by atoms with Crippen LogP contribution in [0.15, 0.2) is 48.5 Å². The van der Waals surface area contributed by atoms with E-state index in [1.54, 1.807) is 24.3 Å². The van der Waals surface area contributed by atoms with Crippen LogP contribution in [0.25, 0.3) is 0 Å². The molecule has 0 atom stereocenters. The van der Waals surface area contributed by atoms with Gasteiger partial charge in [0, 0.05) is 12.2 Å². The quantitative estimate of drug-likeness (QED) is 0.506. The average Bonchev–Trinajstić information content (AvgIpc) is 2.51. The molecule has 0 aromatic heterocycles. The fraction of sp³-hybridized carbons (Fsp3) is 0.125. The number of carbonyl (C=O) groups is 2. The van der Waals surface area contributed by atoms with E-state index < -0.39 is 11.8 Å². The monoisotopic (exact) mass is 300 g/mol. The molecule has 0 saturated heterocycles. The van der Waals surface area contributed by atoms with Gasteiger partial charge < -0.3 is 20.8 Å². The summed E-state index contributed by atoms with van der Waals surface area (Å²) < 4.78 is 0. The first kappa shape index (κ1) is 15.4. The van der Waals surface area contributed by atoms with E-state index in [-0.39, 0.29) is 11.5 Å². The van der Waals surface area contributed by atoms with Gasteiger partial charge in [0.2, 0.25) is 0 Å². The maximum atomic E-state index is 11.7. The average molecular weight is 300 g/mol. The summed E-state index contributed by atoms with van der Waals surface area (Å²) in [6.45, 7) is 0.312. The maximum absolute atomic E-state index is 11.7. The molecule has 0 saturated carbocycles. The second-order valence-corrected chi connectivity index (χ2v) is 4.67. The zero-order chi connectivity index (χ0) is 15.9. The number of anilines is 1. The molecule has 2 amide bonds. The largest absolute Gasteiger partial charge is 0.508 e. The highest BCUT2D eigenvalue weighted by Gasteiger charge is 2.12. The fourth-order valence-corrected chi connectivity index (χ4v) is 1.80. The molecular formula is C16H16N2O4. The summed E-state index contributed by atoms with van der Waals surface area (Å²) in [4.78, 5) is 23.3. The summed E-state index contributed by atoms with van der Waals surface area (Å²) in [5, 5.41) is 23.2. The second kappa shape index (κ2) is 7.12. The Hall–Kier alpha value is -3.02. The Morgan fingerprint density at radius 2 is 1.36 bits per heavy atom. The van der Waals surface area contributed by atoms with E-state index in [2.05, 4.69) is 10.6 Å². The highest BCUT2D eigenvalue weighted by Crippen LogP contribution is 2.13. The van der Waals surface area contributed by atoms with Gasteiger partial charge in [-0.05, 0) is 48.4 Å². The minimum absolute atomic E-state index is 0.0800. The summed E-state index contributed by atoms with van der Waals surface area (Å²) in [5.74, 6) is -1.24. The summed E-state index contributed by atoms with van der Waals surface area (Å²) >= 11 is 0. The minimum atomic E-state index is -0.767. The lowest BCUT2D eigenvalue weighted by molar-refractivity contribution is -0.136. The van der Waals surface area contributed by atoms with Gasteiger partial charge in [-0.1, -0.05) is 12.1 Å². The van der Waals surface area contributed by atoms with Gasteiger partial charge in [-0.2, -0.15) is 0 Å². The van der Waals surface area contributed by atoms with Crippen LogP contribution in [-0.2, 0) is 16.0 Å². The highest BCUT2D eigenvalue weighted by molar-refractivity contribution is 6.39. The highest BCUT2D eigenvalue weighted by atomic mass is 16.3. The van der Waals surface area contributed by atoms with Crippen LogP contribution < -0.4 is 10.6 Å². The molecule has 0 fully saturated rings. The predicted octanol–water partition coefficient (Wildman–Crippen LogP) is 1.40. The van der Waals surface area contributed by atoms with Crippen molar-refractivity contribution >= 4 is 17.5 Å². The third-order valence-electron chi connectivity index (χ3n) is 2.97. The Labute approximate surface area is 127 Å². The smallest absolute Gasteiger partial charge is 0.313 e. The molecule has 0 aliphatic rings. The fourth-order valence-electron chi connectivity index (χ4n) is 1.80. The number of phenolic OH excluding ortho intramolecular Hbond substituents is 2. The van der Waals surface area contributed by atoms with Crippen LogP contribution in [0.4, 0.5) is 5.69 Å². The Bertz CT molecular complexity index is 651. The first-order valence-corrected chi connectivity index (χ1v) is 6.71. The molecule has 114 valence electrons. The summed E-state index contributed by atoms with van der Waals surface area (Å²) in [7, 11) is 0. The Morgan fingerprint density at radius 1 is 0.818 bits per heavy atom. The zero-order valence-corrected chi connectivity index (χ0v) is 11.7. The summed E-state index contributed by atoms with van der Waals surface area (Å²) in [6, 6.07) is 12.4. The molecule has 0 spiro atoms. The molecular weight excluding hydrogens is 284 g/mol. The third kappa shape index (κ3) is 4.52. The topological polar surface area (TPSA) is 98.7 Å². The standard InChI is InChI=1S/C16H16N2O4/c19-13-5-1-11(2-6-13)9-10-17-15(21)16(22)18-12-3-7-14(20)8-4-12/h1-8,19-20H,9-10H2,(H,17,21)(H,18,22). The third-order valence-corrected chi connectivity index (χ3v) is 2.97. The van der Waals surface area contributed by atoms with E-state index in [0.29, 0.717) is 18.7 Å². The van der Waals surface area contributed by atoms with Crippen molar-refractivity contribution in [2.45, 2.75) is 6.42 Å². The van der Waals surface area contributed by atoms with Gasteiger partial charge in [-0.3, -0.25) is 9.59 Å². The van der Waals surface area contributed by atoms with Crippen LogP contribution in [-0.4, -0.2) is 28.6 Å². The number of rotatable bonds is 4. The van der Waals surface area contributed by atoms with Crippen LogP contribution >= 0.6 is 0 Å². The number of hydrogen-bond acceptors (Lipinski definition) is 4. The van der Waals surface area contributed by atoms with Crippen molar-refractivity contribution in [2.24, 2.45) is 0 Å². The van der Waals surface area contributed by atoms with Crippen LogP contribution in [0.1, 0.15) is 5.56 Å². The van der Waals surface area contributed by atoms with Gasteiger partial charge in [0.1, 0.15) is 11.5 Å². The van der Waals surface area contributed by atoms with Crippen molar-refractivity contribution in [3.05, 3.63) is 54.1 Å². The van der Waals surface area contributed by atoms with E-state index in [4.69, 9.17) is 10.2 Å². The van der Waals surface area contributed by atoms with Crippen molar-refractivity contribution < 1.29 is 19.8 Å².